The number of carbonyl (C=O) groups excluding carboxylic acids is 1. The first kappa shape index (κ1) is 10.9. The first-order valence-electron chi connectivity index (χ1n) is 3.92. The van der Waals surface area contributed by atoms with Crippen LogP contribution in [0, 0.1) is 0 Å². The van der Waals surface area contributed by atoms with E-state index in [0.717, 1.165) is 0 Å². The molecule has 0 aliphatic rings. The van der Waals surface area contributed by atoms with Gasteiger partial charge < -0.3 is 10.1 Å². The van der Waals surface area contributed by atoms with Crippen molar-refractivity contribution in [1.82, 2.24) is 10.5 Å². The van der Waals surface area contributed by atoms with Crippen molar-refractivity contribution in [2.75, 3.05) is 6.61 Å². The van der Waals surface area contributed by atoms with Gasteiger partial charge in [0.15, 0.2) is 12.0 Å². The molecular weight excluding hydrogens is 204 g/mol. The van der Waals surface area contributed by atoms with E-state index in [4.69, 9.17) is 5.11 Å². The molecule has 0 atom stereocenters. The summed E-state index contributed by atoms with van der Waals surface area (Å²) in [6, 6.07) is 1.17. The SMILES string of the molecule is O=C(O)CONC(=O)c1c[nH]ccc1=O. The minimum absolute atomic E-state index is 0.150. The van der Waals surface area contributed by atoms with E-state index < -0.39 is 23.9 Å². The molecule has 0 saturated heterocycles. The largest absolute Gasteiger partial charge is 0.479 e. The number of hydrogen-bond donors (Lipinski definition) is 3. The quantitative estimate of drug-likeness (QED) is 0.561. The molecule has 1 aromatic heterocycles. The van der Waals surface area contributed by atoms with Gasteiger partial charge in [0.25, 0.3) is 5.91 Å². The highest BCUT2D eigenvalue weighted by molar-refractivity contribution is 5.93. The molecule has 3 N–H and O–H groups in total. The number of pyridine rings is 1. The Morgan fingerprint density at radius 2 is 2.27 bits per heavy atom. The Labute approximate surface area is 83.6 Å². The molecule has 0 aromatic carbocycles. The van der Waals surface area contributed by atoms with Crippen molar-refractivity contribution >= 4 is 11.9 Å². The van der Waals surface area contributed by atoms with E-state index >= 15 is 0 Å². The molecule has 1 rings (SSSR count). The van der Waals surface area contributed by atoms with E-state index in [-0.39, 0.29) is 5.56 Å². The minimum Gasteiger partial charge on any atom is -0.479 e. The lowest BCUT2D eigenvalue weighted by Crippen LogP contribution is -2.30. The molecule has 0 radical (unpaired) electrons. The molecule has 7 heteroatoms. The van der Waals surface area contributed by atoms with Crippen molar-refractivity contribution in [2.45, 2.75) is 0 Å². The van der Waals surface area contributed by atoms with Crippen molar-refractivity contribution in [2.24, 2.45) is 0 Å². The van der Waals surface area contributed by atoms with E-state index in [0.29, 0.717) is 0 Å². The van der Waals surface area contributed by atoms with Crippen LogP contribution >= 0.6 is 0 Å². The number of hydroxylamine groups is 1. The number of aromatic amines is 1. The minimum atomic E-state index is -1.22. The van der Waals surface area contributed by atoms with Crippen molar-refractivity contribution in [3.8, 4) is 0 Å². The number of nitrogens with one attached hydrogen (secondary N) is 2. The lowest BCUT2D eigenvalue weighted by molar-refractivity contribution is -0.144. The van der Waals surface area contributed by atoms with Gasteiger partial charge in [-0.1, -0.05) is 0 Å². The second kappa shape index (κ2) is 4.91. The van der Waals surface area contributed by atoms with Crippen molar-refractivity contribution in [3.05, 3.63) is 34.2 Å². The van der Waals surface area contributed by atoms with Crippen molar-refractivity contribution in [3.63, 3.8) is 0 Å². The normalized spacial score (nSPS) is 9.60. The van der Waals surface area contributed by atoms with E-state index in [1.54, 1.807) is 0 Å². The summed E-state index contributed by atoms with van der Waals surface area (Å²) >= 11 is 0. The first-order chi connectivity index (χ1) is 7.11. The molecular formula is C8H8N2O5. The van der Waals surface area contributed by atoms with Crippen LogP contribution in [0.25, 0.3) is 0 Å². The maximum Gasteiger partial charge on any atom is 0.332 e. The van der Waals surface area contributed by atoms with Crippen LogP contribution in [0.4, 0.5) is 0 Å². The van der Waals surface area contributed by atoms with Gasteiger partial charge >= 0.3 is 5.97 Å². The number of hydrogen-bond acceptors (Lipinski definition) is 4. The van der Waals surface area contributed by atoms with E-state index in [1.807, 2.05) is 5.48 Å². The predicted octanol–water partition coefficient (Wildman–Crippen LogP) is -0.879. The van der Waals surface area contributed by atoms with Crippen LogP contribution in [0.1, 0.15) is 10.4 Å². The summed E-state index contributed by atoms with van der Waals surface area (Å²) in [5.41, 5.74) is 1.20. The van der Waals surface area contributed by atoms with E-state index in [2.05, 4.69) is 9.82 Å². The van der Waals surface area contributed by atoms with Gasteiger partial charge in [-0.25, -0.2) is 10.3 Å². The maximum absolute atomic E-state index is 11.2. The molecule has 0 saturated carbocycles. The standard InChI is InChI=1S/C8H8N2O5/c11-6-1-2-9-3-5(6)8(14)10-15-4-7(12)13/h1-3H,4H2,(H,9,11)(H,10,14)(H,12,13). The van der Waals surface area contributed by atoms with Crippen molar-refractivity contribution in [1.29, 1.82) is 0 Å². The Morgan fingerprint density at radius 3 is 2.87 bits per heavy atom. The van der Waals surface area contributed by atoms with E-state index in [1.165, 1.54) is 18.5 Å². The molecule has 15 heavy (non-hydrogen) atoms. The molecule has 0 aliphatic carbocycles. The summed E-state index contributed by atoms with van der Waals surface area (Å²) in [6.07, 6.45) is 2.57. The Kier molecular flexibility index (Phi) is 3.58. The van der Waals surface area contributed by atoms with Crippen molar-refractivity contribution < 1.29 is 19.5 Å². The second-order valence-corrected chi connectivity index (χ2v) is 2.54. The van der Waals surface area contributed by atoms with Gasteiger partial charge in [-0.05, 0) is 0 Å². The Hall–Kier alpha value is -2.15. The van der Waals surface area contributed by atoms with Gasteiger partial charge in [0.1, 0.15) is 5.56 Å². The number of amides is 1. The highest BCUT2D eigenvalue weighted by atomic mass is 16.7. The van der Waals surface area contributed by atoms with Gasteiger partial charge in [0, 0.05) is 18.5 Å². The van der Waals surface area contributed by atoms with Gasteiger partial charge in [-0.15, -0.1) is 0 Å². The number of carboxylic acid groups (broad SMARTS) is 1. The number of H-pyrrole nitrogens is 1. The highest BCUT2D eigenvalue weighted by Gasteiger charge is 2.09. The third-order valence-electron chi connectivity index (χ3n) is 1.43. The molecule has 0 fully saturated rings. The summed E-state index contributed by atoms with van der Waals surface area (Å²) < 4.78 is 0. The summed E-state index contributed by atoms with van der Waals surface area (Å²) in [7, 11) is 0. The van der Waals surface area contributed by atoms with Gasteiger partial charge in [-0.2, -0.15) is 0 Å². The molecule has 0 spiro atoms. The third kappa shape index (κ3) is 3.24. The molecule has 80 valence electrons. The average molecular weight is 212 g/mol. The molecule has 0 aliphatic heterocycles. The van der Waals surface area contributed by atoms with E-state index in [9.17, 15) is 14.4 Å². The first-order valence-corrected chi connectivity index (χ1v) is 3.92. The third-order valence-corrected chi connectivity index (χ3v) is 1.43. The molecule has 0 unspecified atom stereocenters. The second-order valence-electron chi connectivity index (χ2n) is 2.54. The predicted molar refractivity (Wildman–Crippen MR) is 48.1 cm³/mol. The van der Waals surface area contributed by atoms with Crippen LogP contribution in [-0.2, 0) is 9.63 Å². The molecule has 7 nitrogen and oxygen atoms in total. The fourth-order valence-corrected chi connectivity index (χ4v) is 0.812. The zero-order valence-corrected chi connectivity index (χ0v) is 7.52. The van der Waals surface area contributed by atoms with Gasteiger partial charge in [0.05, 0.1) is 0 Å². The zero-order chi connectivity index (χ0) is 11.3. The molecule has 1 heterocycles. The van der Waals surface area contributed by atoms with Crippen LogP contribution < -0.4 is 10.9 Å². The number of aliphatic carboxylic acids is 1. The fraction of sp³-hybridized carbons (Fsp3) is 0.125. The van der Waals surface area contributed by atoms with Crippen LogP contribution in [0.2, 0.25) is 0 Å². The molecule has 1 amide bonds. The van der Waals surface area contributed by atoms with Gasteiger partial charge in [-0.3, -0.25) is 14.4 Å². The molecule has 0 bridgehead atoms. The Morgan fingerprint density at radius 1 is 1.53 bits per heavy atom. The number of rotatable bonds is 4. The summed E-state index contributed by atoms with van der Waals surface area (Å²) in [6.45, 7) is -0.670. The lowest BCUT2D eigenvalue weighted by atomic mass is 10.3. The fourth-order valence-electron chi connectivity index (χ4n) is 0.812. The number of carbonyl (C=O) groups is 2. The lowest BCUT2D eigenvalue weighted by Gasteiger charge is -2.02. The Balaban J connectivity index is 2.58. The van der Waals surface area contributed by atoms with Crippen LogP contribution in [0.5, 0.6) is 0 Å². The zero-order valence-electron chi connectivity index (χ0n) is 7.52. The smallest absolute Gasteiger partial charge is 0.332 e. The monoisotopic (exact) mass is 212 g/mol. The van der Waals surface area contributed by atoms with Crippen LogP contribution in [-0.4, -0.2) is 28.6 Å². The summed E-state index contributed by atoms with van der Waals surface area (Å²) in [5, 5.41) is 8.21. The highest BCUT2D eigenvalue weighted by Crippen LogP contribution is 1.87. The maximum atomic E-state index is 11.2. The number of carboxylic acids is 1. The summed E-state index contributed by atoms with van der Waals surface area (Å²) in [5.74, 6) is -2.02. The Bertz CT molecular complexity index is 425. The number of aromatic nitrogens is 1. The topological polar surface area (TPSA) is 108 Å². The van der Waals surface area contributed by atoms with Gasteiger partial charge in [0.2, 0.25) is 0 Å². The van der Waals surface area contributed by atoms with Crippen LogP contribution in [0.15, 0.2) is 23.3 Å². The van der Waals surface area contributed by atoms with Crippen LogP contribution in [0.3, 0.4) is 0 Å². The molecule has 1 aromatic rings. The average Bonchev–Trinajstić information content (AvgIpc) is 2.17. The summed E-state index contributed by atoms with van der Waals surface area (Å²) in [4.78, 5) is 39.2.